The summed E-state index contributed by atoms with van der Waals surface area (Å²) in [6.07, 6.45) is 4.85. The Hall–Kier alpha value is -5.01. The molecule has 3 aromatic heterocycles. The number of nitrogens with one attached hydrogen (secondary N) is 1. The number of benzene rings is 2. The number of aromatic amines is 1. The lowest BCUT2D eigenvalue weighted by molar-refractivity contribution is 0.0840. The molecule has 0 unspecified atom stereocenters. The number of hydrogen-bond donors (Lipinski definition) is 2. The van der Waals surface area contributed by atoms with Gasteiger partial charge in [-0.15, -0.1) is 0 Å². The first-order valence-corrected chi connectivity index (χ1v) is 16.5. The van der Waals surface area contributed by atoms with Crippen molar-refractivity contribution in [3.63, 3.8) is 0 Å². The summed E-state index contributed by atoms with van der Waals surface area (Å²) in [6.45, 7) is 11.0. The number of halogens is 2. The molecule has 0 amide bonds. The Bertz CT molecular complexity index is 1970. The first-order valence-electron chi connectivity index (χ1n) is 16.5. The van der Waals surface area contributed by atoms with E-state index in [1.165, 1.54) is 29.2 Å². The van der Waals surface area contributed by atoms with Crippen molar-refractivity contribution in [1.82, 2.24) is 24.6 Å². The van der Waals surface area contributed by atoms with E-state index in [1.54, 1.807) is 6.92 Å². The summed E-state index contributed by atoms with van der Waals surface area (Å²) >= 11 is 0. The average Bonchev–Trinajstić information content (AvgIpc) is 3.69. The number of carbonyl (C=O) groups is 1. The van der Waals surface area contributed by atoms with Crippen LogP contribution in [0.15, 0.2) is 54.9 Å². The number of para-hydroxylation sites is 1. The van der Waals surface area contributed by atoms with Gasteiger partial charge in [0.2, 0.25) is 17.4 Å². The molecular formula is C36H39F2N7O4. The molecule has 2 fully saturated rings. The molecule has 2 aliphatic rings. The zero-order chi connectivity index (χ0) is 34.2. The molecule has 0 aliphatic carbocycles. The molecule has 0 atom stereocenters. The van der Waals surface area contributed by atoms with E-state index in [0.29, 0.717) is 36.2 Å². The number of nitrogens with zero attached hydrogens (tertiary/aromatic N) is 5. The molecule has 5 heterocycles. The number of anilines is 2. The molecule has 256 valence electrons. The number of ketones is 1. The molecule has 11 nitrogen and oxygen atoms in total. The number of carbonyl (C=O) groups excluding carboxylic acids is 1. The van der Waals surface area contributed by atoms with Gasteiger partial charge in [-0.05, 0) is 69.5 Å². The number of aromatic nitrogens is 4. The molecule has 13 heteroatoms. The van der Waals surface area contributed by atoms with Crippen molar-refractivity contribution in [2.75, 3.05) is 50.0 Å². The minimum Gasteiger partial charge on any atom is -0.488 e. The topological polar surface area (TPSA) is 124 Å². The number of rotatable bonds is 9. The van der Waals surface area contributed by atoms with Crippen molar-refractivity contribution in [2.45, 2.75) is 45.8 Å². The van der Waals surface area contributed by atoms with Gasteiger partial charge in [-0.1, -0.05) is 6.07 Å². The lowest BCUT2D eigenvalue weighted by Crippen LogP contribution is -2.42. The Morgan fingerprint density at radius 1 is 1.02 bits per heavy atom. The minimum absolute atomic E-state index is 0.00818. The van der Waals surface area contributed by atoms with Crippen molar-refractivity contribution in [2.24, 2.45) is 0 Å². The second-order valence-corrected chi connectivity index (χ2v) is 12.8. The maximum atomic E-state index is 14.1. The van der Waals surface area contributed by atoms with Crippen LogP contribution in [0, 0.1) is 18.6 Å². The Morgan fingerprint density at radius 2 is 1.76 bits per heavy atom. The van der Waals surface area contributed by atoms with E-state index in [4.69, 9.17) is 19.9 Å². The van der Waals surface area contributed by atoms with E-state index >= 15 is 0 Å². The fourth-order valence-corrected chi connectivity index (χ4v) is 6.46. The van der Waals surface area contributed by atoms with Crippen LogP contribution in [0.2, 0.25) is 0 Å². The zero-order valence-electron chi connectivity index (χ0n) is 27.7. The lowest BCUT2D eigenvalue weighted by atomic mass is 10.1. The molecule has 0 radical (unpaired) electrons. The number of morpholine rings is 1. The Balaban J connectivity index is 1.14. The Kier molecular flexibility index (Phi) is 8.95. The number of nitrogens with two attached hydrogens (primary N) is 1. The van der Waals surface area contributed by atoms with Crippen molar-refractivity contribution >= 4 is 28.2 Å². The van der Waals surface area contributed by atoms with Crippen LogP contribution in [0.25, 0.3) is 16.6 Å². The predicted molar refractivity (Wildman–Crippen MR) is 182 cm³/mol. The summed E-state index contributed by atoms with van der Waals surface area (Å²) in [4.78, 5) is 26.1. The lowest BCUT2D eigenvalue weighted by Gasteiger charge is -2.36. The van der Waals surface area contributed by atoms with E-state index in [0.717, 1.165) is 73.5 Å². The molecule has 7 rings (SSSR count). The van der Waals surface area contributed by atoms with Crippen molar-refractivity contribution < 1.29 is 27.8 Å². The van der Waals surface area contributed by atoms with Gasteiger partial charge in [0.1, 0.15) is 17.7 Å². The van der Waals surface area contributed by atoms with E-state index in [2.05, 4.69) is 44.8 Å². The van der Waals surface area contributed by atoms with Crippen LogP contribution in [0.5, 0.6) is 17.4 Å². The van der Waals surface area contributed by atoms with Crippen LogP contribution < -0.4 is 20.1 Å². The van der Waals surface area contributed by atoms with Crippen LogP contribution in [-0.2, 0) is 4.74 Å². The van der Waals surface area contributed by atoms with Gasteiger partial charge in [0.05, 0.1) is 48.2 Å². The molecular weight excluding hydrogens is 632 g/mol. The highest BCUT2D eigenvalue weighted by atomic mass is 19.1. The number of H-pyrrole nitrogens is 1. The number of likely N-dealkylation sites (tertiary alicyclic amines) is 1. The molecule has 49 heavy (non-hydrogen) atoms. The van der Waals surface area contributed by atoms with Crippen LogP contribution in [0.4, 0.5) is 20.3 Å². The zero-order valence-corrected chi connectivity index (χ0v) is 27.7. The number of ether oxygens (including phenoxy) is 3. The van der Waals surface area contributed by atoms with Gasteiger partial charge in [0, 0.05) is 49.2 Å². The molecule has 2 aromatic carbocycles. The third-order valence-electron chi connectivity index (χ3n) is 9.26. The highest BCUT2D eigenvalue weighted by Gasteiger charge is 2.26. The van der Waals surface area contributed by atoms with Crippen LogP contribution in [0.3, 0.4) is 0 Å². The highest BCUT2D eigenvalue weighted by Crippen LogP contribution is 2.37. The fourth-order valence-electron chi connectivity index (χ4n) is 6.46. The molecule has 3 N–H and O–H groups in total. The number of pyridine rings is 1. The van der Waals surface area contributed by atoms with Crippen LogP contribution >= 0.6 is 0 Å². The normalized spacial score (nSPS) is 16.1. The average molecular weight is 672 g/mol. The fraction of sp³-hybridized carbons (Fsp3) is 0.361. The second kappa shape index (κ2) is 13.5. The summed E-state index contributed by atoms with van der Waals surface area (Å²) < 4.78 is 47.3. The largest absolute Gasteiger partial charge is 0.488 e. The van der Waals surface area contributed by atoms with Crippen molar-refractivity contribution in [3.05, 3.63) is 83.3 Å². The van der Waals surface area contributed by atoms with E-state index < -0.39 is 17.4 Å². The van der Waals surface area contributed by atoms with Gasteiger partial charge in [0.15, 0.2) is 11.6 Å². The third-order valence-corrected chi connectivity index (χ3v) is 9.26. The van der Waals surface area contributed by atoms with Gasteiger partial charge in [-0.3, -0.25) is 4.79 Å². The number of piperidine rings is 1. The van der Waals surface area contributed by atoms with Crippen LogP contribution in [0.1, 0.15) is 48.3 Å². The van der Waals surface area contributed by atoms with Gasteiger partial charge in [0.25, 0.3) is 0 Å². The monoisotopic (exact) mass is 671 g/mol. The molecule has 0 spiro atoms. The summed E-state index contributed by atoms with van der Waals surface area (Å²) in [5.74, 6) is -1.64. The predicted octanol–water partition coefficient (Wildman–Crippen LogP) is 6.03. The molecule has 2 saturated heterocycles. The maximum absolute atomic E-state index is 14.1. The minimum atomic E-state index is -0.844. The number of fused-ring (bicyclic) bond motifs is 1. The number of hydrogen-bond acceptors (Lipinski definition) is 9. The highest BCUT2D eigenvalue weighted by molar-refractivity contribution is 6.12. The first-order chi connectivity index (χ1) is 23.7. The number of aryl methyl sites for hydroxylation is 1. The smallest absolute Gasteiger partial charge is 0.219 e. The van der Waals surface area contributed by atoms with Gasteiger partial charge < -0.3 is 34.7 Å². The standard InChI is InChI=1S/C36H39F2N7O4/c1-21(2)43-9-7-24(8-10-43)48-32-17-23-16-29(42-28(23)18-30(32)44-11-13-47-14-12-44)34(46)25-19-41-45(36(25)39)31-20-40-33(15-22(31)3)49-35-26(37)5-4-6-27(35)38/h4-6,15-21,24,42H,7-14,39H2,1-3H3. The van der Waals surface area contributed by atoms with E-state index in [-0.39, 0.29) is 29.1 Å². The van der Waals surface area contributed by atoms with Crippen molar-refractivity contribution in [1.29, 1.82) is 0 Å². The second-order valence-electron chi connectivity index (χ2n) is 12.8. The van der Waals surface area contributed by atoms with Gasteiger partial charge in [-0.2, -0.15) is 5.10 Å². The molecule has 0 bridgehead atoms. The Labute approximate surface area is 282 Å². The van der Waals surface area contributed by atoms with Crippen molar-refractivity contribution in [3.8, 4) is 23.1 Å². The Morgan fingerprint density at radius 3 is 2.45 bits per heavy atom. The quantitative estimate of drug-likeness (QED) is 0.181. The first kappa shape index (κ1) is 32.5. The summed E-state index contributed by atoms with van der Waals surface area (Å²) in [5.41, 5.74) is 9.92. The third kappa shape index (κ3) is 6.55. The summed E-state index contributed by atoms with van der Waals surface area (Å²) in [7, 11) is 0. The summed E-state index contributed by atoms with van der Waals surface area (Å²) in [6, 6.07) is 11.4. The summed E-state index contributed by atoms with van der Waals surface area (Å²) in [5, 5.41) is 5.22. The molecule has 0 saturated carbocycles. The van der Waals surface area contributed by atoms with Gasteiger partial charge >= 0.3 is 0 Å². The van der Waals surface area contributed by atoms with E-state index in [9.17, 15) is 13.6 Å². The van der Waals surface area contributed by atoms with Gasteiger partial charge in [-0.25, -0.2) is 18.4 Å². The maximum Gasteiger partial charge on any atom is 0.219 e. The molecule has 5 aromatic rings. The SMILES string of the molecule is Cc1cc(Oc2c(F)cccc2F)ncc1-n1ncc(C(=O)c2cc3cc(OC4CCN(C(C)C)CC4)c(N4CCOCC4)cc3[nH]2)c1N. The number of nitrogen functional groups attached to an aromatic ring is 1. The molecule has 2 aliphatic heterocycles. The van der Waals surface area contributed by atoms with Crippen LogP contribution in [-0.4, -0.2) is 82.0 Å². The van der Waals surface area contributed by atoms with E-state index in [1.807, 2.05) is 12.1 Å².